The average Bonchev–Trinajstić information content (AvgIpc) is 3.19. The van der Waals surface area contributed by atoms with Gasteiger partial charge in [0.25, 0.3) is 0 Å². The van der Waals surface area contributed by atoms with E-state index in [4.69, 9.17) is 0 Å². The zero-order valence-corrected chi connectivity index (χ0v) is 16.4. The van der Waals surface area contributed by atoms with Gasteiger partial charge in [-0.05, 0) is 29.7 Å². The number of nitrogens with one attached hydrogen (secondary N) is 1. The zero-order chi connectivity index (χ0) is 18.9. The normalized spacial score (nSPS) is 27.7. The van der Waals surface area contributed by atoms with Gasteiger partial charge in [0.2, 0.25) is 11.8 Å². The first-order valence-corrected chi connectivity index (χ1v) is 9.61. The number of hydrogen-bond acceptors (Lipinski definition) is 3. The van der Waals surface area contributed by atoms with Crippen molar-refractivity contribution in [1.29, 1.82) is 0 Å². The molecule has 0 radical (unpaired) electrons. The third-order valence-electron chi connectivity index (χ3n) is 5.83. The molecule has 1 aliphatic heterocycles. The fourth-order valence-corrected chi connectivity index (χ4v) is 4.48. The quantitative estimate of drug-likeness (QED) is 0.849. The Bertz CT molecular complexity index is 660. The van der Waals surface area contributed by atoms with Gasteiger partial charge in [-0.2, -0.15) is 0 Å². The first kappa shape index (κ1) is 18.9. The third kappa shape index (κ3) is 3.78. The highest BCUT2D eigenvalue weighted by molar-refractivity contribution is 5.85. The van der Waals surface area contributed by atoms with Gasteiger partial charge in [0.05, 0.1) is 6.04 Å². The summed E-state index contributed by atoms with van der Waals surface area (Å²) >= 11 is 0. The minimum Gasteiger partial charge on any atom is -0.358 e. The van der Waals surface area contributed by atoms with Crippen molar-refractivity contribution in [2.24, 2.45) is 17.3 Å². The van der Waals surface area contributed by atoms with E-state index in [0.29, 0.717) is 12.5 Å². The van der Waals surface area contributed by atoms with E-state index in [-0.39, 0.29) is 29.2 Å². The molecule has 2 amide bonds. The summed E-state index contributed by atoms with van der Waals surface area (Å²) in [6, 6.07) is 9.99. The van der Waals surface area contributed by atoms with E-state index in [1.807, 2.05) is 42.3 Å². The predicted octanol–water partition coefficient (Wildman–Crippen LogP) is 2.13. The van der Waals surface area contributed by atoms with Crippen LogP contribution in [0, 0.1) is 17.3 Å². The Morgan fingerprint density at radius 3 is 2.58 bits per heavy atom. The summed E-state index contributed by atoms with van der Waals surface area (Å²) in [5, 5.41) is 2.80. The molecule has 1 aromatic rings. The molecule has 1 N–H and O–H groups in total. The molecule has 1 saturated heterocycles. The van der Waals surface area contributed by atoms with Gasteiger partial charge in [-0.3, -0.25) is 14.5 Å². The third-order valence-corrected chi connectivity index (χ3v) is 5.83. The van der Waals surface area contributed by atoms with Crippen LogP contribution >= 0.6 is 0 Å². The van der Waals surface area contributed by atoms with E-state index in [1.54, 1.807) is 7.05 Å². The highest BCUT2D eigenvalue weighted by Gasteiger charge is 2.64. The van der Waals surface area contributed by atoms with Crippen molar-refractivity contribution in [3.8, 4) is 0 Å². The van der Waals surface area contributed by atoms with Crippen LogP contribution in [-0.4, -0.2) is 54.8 Å². The number of hydrogen-bond donors (Lipinski definition) is 1. The van der Waals surface area contributed by atoms with Crippen LogP contribution < -0.4 is 5.32 Å². The number of nitrogens with zero attached hydrogens (tertiary/aromatic N) is 2. The molecular formula is C21H31N3O2. The van der Waals surface area contributed by atoms with Crippen molar-refractivity contribution < 1.29 is 9.59 Å². The van der Waals surface area contributed by atoms with E-state index in [2.05, 4.69) is 24.1 Å². The summed E-state index contributed by atoms with van der Waals surface area (Å²) in [6.07, 6.45) is 1.71. The summed E-state index contributed by atoms with van der Waals surface area (Å²) in [7, 11) is 3.59. The molecule has 2 aliphatic rings. The molecule has 0 aromatic heterocycles. The van der Waals surface area contributed by atoms with Gasteiger partial charge < -0.3 is 10.2 Å². The van der Waals surface area contributed by atoms with Crippen molar-refractivity contribution in [2.45, 2.75) is 39.3 Å². The number of likely N-dealkylation sites (N-methyl/N-ethyl adjacent to an activating group) is 1. The molecule has 1 heterocycles. The van der Waals surface area contributed by atoms with Gasteiger partial charge in [0.1, 0.15) is 0 Å². The van der Waals surface area contributed by atoms with Gasteiger partial charge in [0, 0.05) is 39.6 Å². The van der Waals surface area contributed by atoms with E-state index >= 15 is 0 Å². The highest BCUT2D eigenvalue weighted by atomic mass is 16.2. The number of benzene rings is 1. The van der Waals surface area contributed by atoms with Gasteiger partial charge in [-0.15, -0.1) is 0 Å². The van der Waals surface area contributed by atoms with Crippen LogP contribution in [0.3, 0.4) is 0 Å². The fourth-order valence-electron chi connectivity index (χ4n) is 4.48. The fraction of sp³-hybridized carbons (Fsp3) is 0.619. The molecule has 5 nitrogen and oxygen atoms in total. The van der Waals surface area contributed by atoms with Gasteiger partial charge in [-0.1, -0.05) is 44.2 Å². The summed E-state index contributed by atoms with van der Waals surface area (Å²) in [5.74, 6) is 0.862. The summed E-state index contributed by atoms with van der Waals surface area (Å²) in [5.41, 5.74) is 1.14. The minimum absolute atomic E-state index is 0.00586. The van der Waals surface area contributed by atoms with Crippen LogP contribution in [0.1, 0.15) is 32.3 Å². The lowest BCUT2D eigenvalue weighted by Crippen LogP contribution is -2.43. The smallest absolute Gasteiger partial charge is 0.237 e. The molecule has 5 heteroatoms. The number of amides is 2. The van der Waals surface area contributed by atoms with E-state index in [1.165, 1.54) is 0 Å². The Morgan fingerprint density at radius 2 is 1.96 bits per heavy atom. The second-order valence-corrected chi connectivity index (χ2v) is 8.46. The largest absolute Gasteiger partial charge is 0.358 e. The average molecular weight is 357 g/mol. The Kier molecular flexibility index (Phi) is 5.37. The molecule has 26 heavy (non-hydrogen) atoms. The zero-order valence-electron chi connectivity index (χ0n) is 16.4. The monoisotopic (exact) mass is 357 g/mol. The second-order valence-electron chi connectivity index (χ2n) is 8.46. The van der Waals surface area contributed by atoms with Crippen LogP contribution in [0.25, 0.3) is 0 Å². The number of likely N-dealkylation sites (tertiary alicyclic amines) is 1. The number of carbonyl (C=O) groups is 2. The topological polar surface area (TPSA) is 52.7 Å². The molecule has 1 spiro atoms. The number of rotatable bonds is 6. The summed E-state index contributed by atoms with van der Waals surface area (Å²) in [6.45, 7) is 6.75. The Balaban J connectivity index is 1.65. The minimum atomic E-state index is -0.0976. The summed E-state index contributed by atoms with van der Waals surface area (Å²) < 4.78 is 0. The Morgan fingerprint density at radius 1 is 1.27 bits per heavy atom. The Hall–Kier alpha value is -1.88. The van der Waals surface area contributed by atoms with Crippen LogP contribution in [0.4, 0.5) is 0 Å². The second kappa shape index (κ2) is 7.39. The van der Waals surface area contributed by atoms with Crippen molar-refractivity contribution >= 4 is 11.8 Å². The van der Waals surface area contributed by atoms with Gasteiger partial charge >= 0.3 is 0 Å². The lowest BCUT2D eigenvalue weighted by molar-refractivity contribution is -0.132. The van der Waals surface area contributed by atoms with Gasteiger partial charge in [-0.25, -0.2) is 0 Å². The van der Waals surface area contributed by atoms with Crippen molar-refractivity contribution in [2.75, 3.05) is 27.2 Å². The van der Waals surface area contributed by atoms with Crippen molar-refractivity contribution in [1.82, 2.24) is 15.1 Å². The predicted molar refractivity (Wildman–Crippen MR) is 102 cm³/mol. The Labute approximate surface area is 156 Å². The van der Waals surface area contributed by atoms with Crippen molar-refractivity contribution in [3.63, 3.8) is 0 Å². The first-order valence-electron chi connectivity index (χ1n) is 9.61. The first-order chi connectivity index (χ1) is 12.4. The molecule has 1 aromatic carbocycles. The summed E-state index contributed by atoms with van der Waals surface area (Å²) in [4.78, 5) is 29.4. The highest BCUT2D eigenvalue weighted by Crippen LogP contribution is 2.60. The van der Waals surface area contributed by atoms with Crippen molar-refractivity contribution in [3.05, 3.63) is 35.9 Å². The molecule has 3 rings (SSSR count). The molecular weight excluding hydrogens is 326 g/mol. The van der Waals surface area contributed by atoms with E-state index in [9.17, 15) is 9.59 Å². The van der Waals surface area contributed by atoms with Crippen LogP contribution in [0.5, 0.6) is 0 Å². The van der Waals surface area contributed by atoms with Crippen LogP contribution in [-0.2, 0) is 16.1 Å². The maximum Gasteiger partial charge on any atom is 0.237 e. The molecule has 2 fully saturated rings. The number of carbonyl (C=O) groups excluding carboxylic acids is 2. The SMILES string of the molecule is CNC(=O)[C@@H]1C[C@@]2(C[C@@H]2C(=O)N(C)Cc2ccccc2)CN1CC(C)C. The molecule has 1 aliphatic carbocycles. The maximum atomic E-state index is 13.0. The van der Waals surface area contributed by atoms with Gasteiger partial charge in [0.15, 0.2) is 0 Å². The molecule has 3 atom stereocenters. The van der Waals surface area contributed by atoms with E-state index in [0.717, 1.165) is 31.5 Å². The molecule has 142 valence electrons. The molecule has 0 unspecified atom stereocenters. The maximum absolute atomic E-state index is 13.0. The lowest BCUT2D eigenvalue weighted by Gasteiger charge is -2.24. The molecule has 1 saturated carbocycles. The van der Waals surface area contributed by atoms with Crippen LogP contribution in [0.15, 0.2) is 30.3 Å². The lowest BCUT2D eigenvalue weighted by atomic mass is 9.98. The standard InChI is InChI=1S/C21H31N3O2/c1-15(2)12-24-14-21(11-18(24)19(25)22-3)10-17(21)20(26)23(4)13-16-8-6-5-7-9-16/h5-9,15,17-18H,10-14H2,1-4H3,(H,22,25)/t17-,18+,21+/m1/s1. The van der Waals surface area contributed by atoms with E-state index < -0.39 is 0 Å². The molecule has 0 bridgehead atoms. The van der Waals surface area contributed by atoms with Crippen LogP contribution in [0.2, 0.25) is 0 Å².